The summed E-state index contributed by atoms with van der Waals surface area (Å²) in [5.74, 6) is 0.878. The number of hydrogen-bond acceptors (Lipinski definition) is 3. The molecule has 9 aromatic rings. The SMILES string of the molecule is C[C@@H]1C(c2ccc(-c3ccccc3)cc2)=NC(c2ccc3c4c(cccc24)-c2cccc(-n4c5ccccc5c5ccccc54)c2S3)=NC1c1ccccc1. The third-order valence-corrected chi connectivity index (χ3v) is 12.6. The molecule has 2 aliphatic rings. The molecule has 1 aromatic heterocycles. The van der Waals surface area contributed by atoms with Gasteiger partial charge in [0, 0.05) is 37.4 Å². The summed E-state index contributed by atoms with van der Waals surface area (Å²) in [5.41, 5.74) is 13.0. The predicted molar refractivity (Wildman–Crippen MR) is 231 cm³/mol. The van der Waals surface area contributed by atoms with Crippen LogP contribution in [-0.2, 0) is 0 Å². The summed E-state index contributed by atoms with van der Waals surface area (Å²) in [6.45, 7) is 2.27. The fraction of sp³-hybridized carbons (Fsp3) is 0.0588. The molecule has 3 heterocycles. The van der Waals surface area contributed by atoms with E-state index < -0.39 is 0 Å². The van der Waals surface area contributed by atoms with Gasteiger partial charge in [0.15, 0.2) is 5.84 Å². The Hall–Kier alpha value is -6.49. The normalized spacial score (nSPS) is 16.2. The number of hydrogen-bond donors (Lipinski definition) is 0. The second-order valence-corrected chi connectivity index (χ2v) is 15.6. The number of benzene rings is 8. The smallest absolute Gasteiger partial charge is 0.156 e. The first-order valence-corrected chi connectivity index (χ1v) is 19.8. The highest BCUT2D eigenvalue weighted by molar-refractivity contribution is 8.00. The van der Waals surface area contributed by atoms with Crippen molar-refractivity contribution in [2.24, 2.45) is 15.9 Å². The Labute approximate surface area is 324 Å². The minimum atomic E-state index is -0.0628. The summed E-state index contributed by atoms with van der Waals surface area (Å²) >= 11 is 1.87. The first-order chi connectivity index (χ1) is 27.2. The minimum Gasteiger partial charge on any atom is -0.308 e. The van der Waals surface area contributed by atoms with Crippen LogP contribution in [0.25, 0.3) is 60.5 Å². The second kappa shape index (κ2) is 12.8. The average molecular weight is 722 g/mol. The fourth-order valence-corrected chi connectivity index (χ4v) is 9.99. The van der Waals surface area contributed by atoms with E-state index in [9.17, 15) is 0 Å². The first kappa shape index (κ1) is 32.0. The molecule has 8 aromatic carbocycles. The van der Waals surface area contributed by atoms with Crippen molar-refractivity contribution in [3.8, 4) is 27.9 Å². The highest BCUT2D eigenvalue weighted by Crippen LogP contribution is 2.51. The molecule has 1 unspecified atom stereocenters. The van der Waals surface area contributed by atoms with Crippen molar-refractivity contribution >= 4 is 55.9 Å². The van der Waals surface area contributed by atoms with Gasteiger partial charge in [-0.15, -0.1) is 0 Å². The van der Waals surface area contributed by atoms with Gasteiger partial charge in [-0.1, -0.05) is 170 Å². The molecular formula is C51H35N3S. The lowest BCUT2D eigenvalue weighted by Gasteiger charge is -2.29. The molecule has 4 heteroatoms. The van der Waals surface area contributed by atoms with Crippen LogP contribution in [0.1, 0.15) is 29.7 Å². The van der Waals surface area contributed by atoms with Gasteiger partial charge in [0.2, 0.25) is 0 Å². The van der Waals surface area contributed by atoms with Gasteiger partial charge in [0.1, 0.15) is 0 Å². The lowest BCUT2D eigenvalue weighted by molar-refractivity contribution is 0.592. The summed E-state index contributed by atoms with van der Waals surface area (Å²) < 4.78 is 2.44. The maximum Gasteiger partial charge on any atom is 0.156 e. The van der Waals surface area contributed by atoms with Gasteiger partial charge in [0.25, 0.3) is 0 Å². The maximum absolute atomic E-state index is 5.47. The van der Waals surface area contributed by atoms with Crippen molar-refractivity contribution in [1.82, 2.24) is 4.57 Å². The molecule has 0 fully saturated rings. The molecule has 0 amide bonds. The van der Waals surface area contributed by atoms with Crippen molar-refractivity contribution in [2.75, 3.05) is 0 Å². The molecule has 0 N–H and O–H groups in total. The van der Waals surface area contributed by atoms with E-state index in [2.05, 4.69) is 193 Å². The van der Waals surface area contributed by atoms with Gasteiger partial charge in [-0.25, -0.2) is 4.99 Å². The molecule has 0 saturated heterocycles. The van der Waals surface area contributed by atoms with Gasteiger partial charge in [0.05, 0.1) is 28.5 Å². The molecule has 55 heavy (non-hydrogen) atoms. The zero-order valence-electron chi connectivity index (χ0n) is 30.2. The average Bonchev–Trinajstić information content (AvgIpc) is 3.59. The summed E-state index contributed by atoms with van der Waals surface area (Å²) in [5, 5.41) is 4.98. The van der Waals surface area contributed by atoms with Gasteiger partial charge in [-0.3, -0.25) is 4.99 Å². The van der Waals surface area contributed by atoms with Crippen LogP contribution in [0.3, 0.4) is 0 Å². The van der Waals surface area contributed by atoms with Crippen LogP contribution in [0.2, 0.25) is 0 Å². The van der Waals surface area contributed by atoms with Crippen LogP contribution in [0, 0.1) is 5.92 Å². The molecule has 0 spiro atoms. The molecule has 0 aliphatic carbocycles. The highest BCUT2D eigenvalue weighted by Gasteiger charge is 2.31. The van der Waals surface area contributed by atoms with Gasteiger partial charge < -0.3 is 4.57 Å². The Morgan fingerprint density at radius 1 is 0.491 bits per heavy atom. The second-order valence-electron chi connectivity index (χ2n) is 14.5. The predicted octanol–water partition coefficient (Wildman–Crippen LogP) is 13.4. The van der Waals surface area contributed by atoms with Crippen molar-refractivity contribution < 1.29 is 0 Å². The molecule has 11 rings (SSSR count). The summed E-state index contributed by atoms with van der Waals surface area (Å²) in [6.07, 6.45) is 0. The number of rotatable bonds is 5. The monoisotopic (exact) mass is 721 g/mol. The topological polar surface area (TPSA) is 29.6 Å². The summed E-state index contributed by atoms with van der Waals surface area (Å²) in [4.78, 5) is 13.4. The zero-order valence-corrected chi connectivity index (χ0v) is 31.0. The van der Waals surface area contributed by atoms with E-state index in [1.54, 1.807) is 0 Å². The number of para-hydroxylation sites is 2. The molecule has 3 nitrogen and oxygen atoms in total. The third-order valence-electron chi connectivity index (χ3n) is 11.4. The minimum absolute atomic E-state index is 0.0628. The quantitative estimate of drug-likeness (QED) is 0.174. The van der Waals surface area contributed by atoms with Crippen LogP contribution in [0.4, 0.5) is 0 Å². The van der Waals surface area contributed by atoms with E-state index in [1.165, 1.54) is 75.9 Å². The third kappa shape index (κ3) is 5.13. The summed E-state index contributed by atoms with van der Waals surface area (Å²) in [6, 6.07) is 65.6. The van der Waals surface area contributed by atoms with E-state index in [0.29, 0.717) is 0 Å². The van der Waals surface area contributed by atoms with E-state index in [-0.39, 0.29) is 12.0 Å². The Kier molecular flexibility index (Phi) is 7.46. The van der Waals surface area contributed by atoms with Gasteiger partial charge in [-0.2, -0.15) is 0 Å². The Balaban J connectivity index is 1.07. The van der Waals surface area contributed by atoms with E-state index in [1.807, 2.05) is 11.8 Å². The zero-order chi connectivity index (χ0) is 36.5. The molecule has 2 atom stereocenters. The van der Waals surface area contributed by atoms with Crippen molar-refractivity contribution in [1.29, 1.82) is 0 Å². The Morgan fingerprint density at radius 2 is 1.09 bits per heavy atom. The van der Waals surface area contributed by atoms with Crippen LogP contribution in [0.15, 0.2) is 202 Å². The van der Waals surface area contributed by atoms with Crippen LogP contribution in [0.5, 0.6) is 0 Å². The van der Waals surface area contributed by atoms with Gasteiger partial charge >= 0.3 is 0 Å². The number of nitrogens with zero attached hydrogens (tertiary/aromatic N) is 3. The number of aliphatic imine (C=N–C) groups is 2. The molecule has 0 radical (unpaired) electrons. The fourth-order valence-electron chi connectivity index (χ4n) is 8.76. The molecule has 260 valence electrons. The number of amidine groups is 1. The van der Waals surface area contributed by atoms with E-state index in [0.717, 1.165) is 22.7 Å². The van der Waals surface area contributed by atoms with E-state index >= 15 is 0 Å². The standard InChI is InChI=1S/C51H35N3S/c1-32-48(35-16-6-3-7-17-35)52-51(53-49(32)36-28-26-34(27-29-36)33-14-4-2-5-15-33)42-30-31-46-47-39(20-12-21-40(42)47)41-22-13-25-45(50(41)55-46)54-43-23-10-8-18-37(43)38-19-9-11-24-44(38)54/h2-32,48H,1H3/t32-,48?/m0/s1. The Bertz CT molecular complexity index is 2960. The first-order valence-electron chi connectivity index (χ1n) is 18.9. The van der Waals surface area contributed by atoms with Crippen LogP contribution < -0.4 is 0 Å². The maximum atomic E-state index is 5.47. The Morgan fingerprint density at radius 3 is 1.84 bits per heavy atom. The van der Waals surface area contributed by atoms with Crippen molar-refractivity contribution in [3.63, 3.8) is 0 Å². The molecule has 0 bridgehead atoms. The largest absolute Gasteiger partial charge is 0.308 e. The number of aromatic nitrogens is 1. The molecule has 0 saturated carbocycles. The van der Waals surface area contributed by atoms with Crippen LogP contribution in [-0.4, -0.2) is 16.1 Å². The molecule has 2 aliphatic heterocycles. The van der Waals surface area contributed by atoms with Crippen molar-refractivity contribution in [3.05, 3.63) is 199 Å². The van der Waals surface area contributed by atoms with Crippen LogP contribution >= 0.6 is 11.8 Å². The van der Waals surface area contributed by atoms with Gasteiger partial charge in [-0.05, 0) is 69.1 Å². The summed E-state index contributed by atoms with van der Waals surface area (Å²) in [7, 11) is 0. The van der Waals surface area contributed by atoms with E-state index in [4.69, 9.17) is 9.98 Å². The lowest BCUT2D eigenvalue weighted by atomic mass is 9.85. The van der Waals surface area contributed by atoms with Crippen molar-refractivity contribution in [2.45, 2.75) is 22.8 Å². The number of fused-ring (bicyclic) bond motifs is 5. The highest BCUT2D eigenvalue weighted by atomic mass is 32.2. The lowest BCUT2D eigenvalue weighted by Crippen LogP contribution is -2.26. The molecular weight excluding hydrogens is 687 g/mol.